The monoisotopic (exact) mass is 337 g/mol. The first kappa shape index (κ1) is 18.1. The van der Waals surface area contributed by atoms with Gasteiger partial charge in [-0.1, -0.05) is 12.2 Å². The van der Waals surface area contributed by atoms with Gasteiger partial charge in [-0.25, -0.2) is 13.2 Å². The second-order valence-corrected chi connectivity index (χ2v) is 8.70. The fourth-order valence-corrected chi connectivity index (χ4v) is 4.51. The molecule has 0 saturated carbocycles. The van der Waals surface area contributed by atoms with E-state index in [0.29, 0.717) is 12.8 Å². The summed E-state index contributed by atoms with van der Waals surface area (Å²) in [5.41, 5.74) is 10.3. The van der Waals surface area contributed by atoms with Crippen molar-refractivity contribution in [2.75, 3.05) is 12.4 Å². The predicted molar refractivity (Wildman–Crippen MR) is 84.3 cm³/mol. The molecule has 9 heteroatoms. The first-order valence-corrected chi connectivity index (χ1v) is 8.77. The topological polar surface area (TPSA) is 116 Å². The van der Waals surface area contributed by atoms with Crippen LogP contribution < -0.4 is 11.5 Å². The van der Waals surface area contributed by atoms with E-state index in [1.807, 2.05) is 0 Å². The van der Waals surface area contributed by atoms with Gasteiger partial charge in [0.25, 0.3) is 0 Å². The third-order valence-electron chi connectivity index (χ3n) is 3.32. The summed E-state index contributed by atoms with van der Waals surface area (Å²) in [5.74, 6) is -0.635. The summed E-state index contributed by atoms with van der Waals surface area (Å²) < 4.78 is 30.2. The number of rotatable bonds is 3. The van der Waals surface area contributed by atoms with Gasteiger partial charge in [0.1, 0.15) is 10.6 Å². The van der Waals surface area contributed by atoms with Crippen LogP contribution >= 0.6 is 12.2 Å². The van der Waals surface area contributed by atoms with Gasteiger partial charge >= 0.3 is 6.09 Å². The average molecular weight is 337 g/mol. The van der Waals surface area contributed by atoms with Gasteiger partial charge in [0.2, 0.25) is 0 Å². The van der Waals surface area contributed by atoms with Crippen LogP contribution in [0.4, 0.5) is 4.79 Å². The van der Waals surface area contributed by atoms with E-state index in [9.17, 15) is 13.2 Å². The summed E-state index contributed by atoms with van der Waals surface area (Å²) in [6.45, 7) is 5.32. The average Bonchev–Trinajstić information content (AvgIpc) is 2.36. The Morgan fingerprint density at radius 2 is 1.95 bits per heavy atom. The van der Waals surface area contributed by atoms with Crippen molar-refractivity contribution in [2.24, 2.45) is 11.5 Å². The van der Waals surface area contributed by atoms with E-state index < -0.39 is 32.3 Å². The van der Waals surface area contributed by atoms with Crippen molar-refractivity contribution in [1.29, 1.82) is 0 Å². The van der Waals surface area contributed by atoms with E-state index in [1.165, 1.54) is 0 Å². The maximum atomic E-state index is 12.5. The van der Waals surface area contributed by atoms with E-state index >= 15 is 0 Å². The lowest BCUT2D eigenvalue weighted by molar-refractivity contribution is 0.0119. The number of piperidine rings is 1. The van der Waals surface area contributed by atoms with Crippen LogP contribution in [0.2, 0.25) is 0 Å². The Kier molecular flexibility index (Phi) is 5.22. The normalized spacial score (nSPS) is 23.7. The number of amides is 1. The number of likely N-dealkylation sites (tertiary alicyclic amines) is 1. The summed E-state index contributed by atoms with van der Waals surface area (Å²) in [6, 6.07) is 0. The summed E-state index contributed by atoms with van der Waals surface area (Å²) in [5, 5.41) is 0. The molecule has 4 N–H and O–H groups in total. The van der Waals surface area contributed by atoms with Crippen molar-refractivity contribution in [3.63, 3.8) is 0 Å². The van der Waals surface area contributed by atoms with Crippen molar-refractivity contribution >= 4 is 33.1 Å². The van der Waals surface area contributed by atoms with Crippen LogP contribution in [-0.2, 0) is 14.6 Å². The molecule has 1 atom stereocenters. The lowest BCUT2D eigenvalue weighted by atomic mass is 10.0. The predicted octanol–water partition coefficient (Wildman–Crippen LogP) is 0.721. The Morgan fingerprint density at radius 1 is 1.38 bits per heavy atom. The zero-order valence-electron chi connectivity index (χ0n) is 12.6. The molecule has 0 spiro atoms. The number of nitrogens with zero attached hydrogens (tertiary/aromatic N) is 1. The number of hydrogen-bond acceptors (Lipinski definition) is 6. The standard InChI is InChI=1S/C12H23N3O4S2/c1-11(2,3)19-10(16)15-7-5-4-6-12(15,9(14)20)21(17,18)8-13/h4-8,13H2,1-3H3,(H2,14,20). The minimum Gasteiger partial charge on any atom is -0.444 e. The Labute approximate surface area is 130 Å². The first-order valence-electron chi connectivity index (χ1n) is 6.71. The molecule has 0 radical (unpaired) electrons. The van der Waals surface area contributed by atoms with E-state index in [-0.39, 0.29) is 18.0 Å². The maximum Gasteiger partial charge on any atom is 0.411 e. The molecule has 1 rings (SSSR count). The highest BCUT2D eigenvalue weighted by Crippen LogP contribution is 2.35. The number of carbonyl (C=O) groups is 1. The largest absolute Gasteiger partial charge is 0.444 e. The molecule has 1 amide bonds. The van der Waals surface area contributed by atoms with Crippen molar-refractivity contribution in [3.8, 4) is 0 Å². The van der Waals surface area contributed by atoms with Gasteiger partial charge < -0.3 is 16.2 Å². The summed E-state index contributed by atoms with van der Waals surface area (Å²) >= 11 is 4.97. The van der Waals surface area contributed by atoms with E-state index in [1.54, 1.807) is 20.8 Å². The molecule has 0 aliphatic carbocycles. The molecule has 1 aliphatic heterocycles. The van der Waals surface area contributed by atoms with Crippen molar-refractivity contribution < 1.29 is 17.9 Å². The molecule has 0 aromatic rings. The molecule has 0 aromatic carbocycles. The highest BCUT2D eigenvalue weighted by Gasteiger charge is 2.54. The van der Waals surface area contributed by atoms with Crippen LogP contribution in [-0.4, -0.2) is 47.3 Å². The quantitative estimate of drug-likeness (QED) is 0.729. The molecule has 122 valence electrons. The Balaban J connectivity index is 3.32. The van der Waals surface area contributed by atoms with Gasteiger partial charge in [-0.05, 0) is 40.0 Å². The summed E-state index contributed by atoms with van der Waals surface area (Å²) in [6.07, 6.45) is 0.646. The van der Waals surface area contributed by atoms with Gasteiger partial charge in [-0.2, -0.15) is 0 Å². The fraction of sp³-hybridized carbons (Fsp3) is 0.833. The molecule has 1 unspecified atom stereocenters. The molecule has 0 bridgehead atoms. The van der Waals surface area contributed by atoms with Crippen LogP contribution in [0.3, 0.4) is 0 Å². The van der Waals surface area contributed by atoms with Crippen LogP contribution in [0.25, 0.3) is 0 Å². The van der Waals surface area contributed by atoms with Crippen molar-refractivity contribution in [3.05, 3.63) is 0 Å². The number of hydrogen-bond donors (Lipinski definition) is 2. The second-order valence-electron chi connectivity index (χ2n) is 6.02. The molecule has 21 heavy (non-hydrogen) atoms. The summed E-state index contributed by atoms with van der Waals surface area (Å²) in [4.78, 5) is 11.5. The highest BCUT2D eigenvalue weighted by atomic mass is 32.2. The number of thiocarbonyl (C=S) groups is 1. The number of carbonyl (C=O) groups excluding carboxylic acids is 1. The lowest BCUT2D eigenvalue weighted by Crippen LogP contribution is -2.66. The third-order valence-corrected chi connectivity index (χ3v) is 5.90. The molecular weight excluding hydrogens is 314 g/mol. The molecular formula is C12H23N3O4S2. The van der Waals surface area contributed by atoms with Gasteiger partial charge in [0.05, 0.1) is 5.88 Å². The Morgan fingerprint density at radius 3 is 2.38 bits per heavy atom. The number of sulfone groups is 1. The van der Waals surface area contributed by atoms with Gasteiger partial charge in [0.15, 0.2) is 14.7 Å². The van der Waals surface area contributed by atoms with E-state index in [0.717, 1.165) is 4.90 Å². The zero-order valence-corrected chi connectivity index (χ0v) is 14.2. The molecule has 0 aromatic heterocycles. The van der Waals surface area contributed by atoms with Crippen molar-refractivity contribution in [1.82, 2.24) is 4.90 Å². The number of ether oxygens (including phenoxy) is 1. The molecule has 1 fully saturated rings. The van der Waals surface area contributed by atoms with Crippen LogP contribution in [0, 0.1) is 0 Å². The van der Waals surface area contributed by atoms with Crippen LogP contribution in [0.1, 0.15) is 40.0 Å². The zero-order chi connectivity index (χ0) is 16.5. The van der Waals surface area contributed by atoms with E-state index in [4.69, 9.17) is 28.4 Å². The molecule has 1 aliphatic rings. The molecule has 1 heterocycles. The third kappa shape index (κ3) is 3.46. The second kappa shape index (κ2) is 6.05. The minimum atomic E-state index is -3.90. The fourth-order valence-electron chi connectivity index (χ4n) is 2.38. The summed E-state index contributed by atoms with van der Waals surface area (Å²) in [7, 11) is -3.90. The minimum absolute atomic E-state index is 0.140. The Hall–Kier alpha value is -0.930. The van der Waals surface area contributed by atoms with Gasteiger partial charge in [0, 0.05) is 6.54 Å². The molecule has 7 nitrogen and oxygen atoms in total. The Bertz CT molecular complexity index is 527. The SMILES string of the molecule is CC(C)(C)OC(=O)N1CCCCC1(C(N)=S)S(=O)(=O)CN. The number of nitrogens with two attached hydrogens (primary N) is 2. The van der Waals surface area contributed by atoms with E-state index in [2.05, 4.69) is 0 Å². The highest BCUT2D eigenvalue weighted by molar-refractivity contribution is 7.95. The van der Waals surface area contributed by atoms with Gasteiger partial charge in [-0.15, -0.1) is 0 Å². The van der Waals surface area contributed by atoms with Crippen LogP contribution in [0.5, 0.6) is 0 Å². The van der Waals surface area contributed by atoms with Crippen molar-refractivity contribution in [2.45, 2.75) is 50.5 Å². The maximum absolute atomic E-state index is 12.5. The first-order chi connectivity index (χ1) is 9.48. The van der Waals surface area contributed by atoms with Gasteiger partial charge in [-0.3, -0.25) is 4.90 Å². The van der Waals surface area contributed by atoms with Crippen LogP contribution in [0.15, 0.2) is 0 Å². The smallest absolute Gasteiger partial charge is 0.411 e. The lowest BCUT2D eigenvalue weighted by Gasteiger charge is -2.45. The molecule has 1 saturated heterocycles.